The van der Waals surface area contributed by atoms with Crippen LogP contribution in [0.5, 0.6) is 5.75 Å². The predicted octanol–water partition coefficient (Wildman–Crippen LogP) is 2.29. The monoisotopic (exact) mass is 262 g/mol. The van der Waals surface area contributed by atoms with Crippen molar-refractivity contribution >= 4 is 11.0 Å². The fourth-order valence-electron chi connectivity index (χ4n) is 2.30. The van der Waals surface area contributed by atoms with Crippen LogP contribution < -0.4 is 10.4 Å². The third kappa shape index (κ3) is 2.63. The van der Waals surface area contributed by atoms with Crippen molar-refractivity contribution in [1.29, 1.82) is 0 Å². The predicted molar refractivity (Wildman–Crippen MR) is 73.8 cm³/mol. The summed E-state index contributed by atoms with van der Waals surface area (Å²) in [6.07, 6.45) is 1.46. The van der Waals surface area contributed by atoms with E-state index in [1.807, 2.05) is 26.0 Å². The summed E-state index contributed by atoms with van der Waals surface area (Å²) >= 11 is 0. The number of aryl methyl sites for hydroxylation is 1. The van der Waals surface area contributed by atoms with Crippen molar-refractivity contribution in [2.24, 2.45) is 0 Å². The Morgan fingerprint density at radius 3 is 2.58 bits per heavy atom. The van der Waals surface area contributed by atoms with Gasteiger partial charge in [-0.1, -0.05) is 13.8 Å². The third-order valence-corrected chi connectivity index (χ3v) is 3.16. The topological polar surface area (TPSA) is 59.7 Å². The van der Waals surface area contributed by atoms with Gasteiger partial charge in [0.05, 0.1) is 6.61 Å². The molecule has 0 unspecified atom stereocenters. The average molecular weight is 262 g/mol. The summed E-state index contributed by atoms with van der Waals surface area (Å²) in [6, 6.07) is 5.44. The van der Waals surface area contributed by atoms with Crippen molar-refractivity contribution in [3.05, 3.63) is 39.7 Å². The fraction of sp³-hybridized carbons (Fsp3) is 0.400. The lowest BCUT2D eigenvalue weighted by molar-refractivity contribution is 0.201. The summed E-state index contributed by atoms with van der Waals surface area (Å²) in [5.74, 6) is 0.594. The minimum Gasteiger partial charge on any atom is -0.491 e. The van der Waals surface area contributed by atoms with E-state index >= 15 is 0 Å². The molecule has 0 spiro atoms. The molecule has 0 aliphatic heterocycles. The average Bonchev–Trinajstić information content (AvgIpc) is 2.43. The van der Waals surface area contributed by atoms with E-state index < -0.39 is 0 Å². The van der Waals surface area contributed by atoms with Gasteiger partial charge in [-0.25, -0.2) is 4.79 Å². The van der Waals surface area contributed by atoms with Gasteiger partial charge in [-0.15, -0.1) is 0 Å². The zero-order chi connectivity index (χ0) is 13.8. The Labute approximate surface area is 111 Å². The zero-order valence-electron chi connectivity index (χ0n) is 11.2. The smallest absolute Gasteiger partial charge is 0.339 e. The van der Waals surface area contributed by atoms with Crippen molar-refractivity contribution in [3.63, 3.8) is 0 Å². The molecule has 1 aromatic heterocycles. The number of hydrogen-bond donors (Lipinski definition) is 1. The first-order valence-corrected chi connectivity index (χ1v) is 6.53. The van der Waals surface area contributed by atoms with E-state index in [2.05, 4.69) is 0 Å². The van der Waals surface area contributed by atoms with Gasteiger partial charge in [0.1, 0.15) is 17.9 Å². The molecule has 1 N–H and O–H groups in total. The van der Waals surface area contributed by atoms with Crippen molar-refractivity contribution in [2.75, 3.05) is 13.2 Å². The van der Waals surface area contributed by atoms with E-state index in [1.54, 1.807) is 6.07 Å². The second-order valence-corrected chi connectivity index (χ2v) is 4.28. The Morgan fingerprint density at radius 1 is 1.21 bits per heavy atom. The molecular formula is C15H18O4. The Balaban J connectivity index is 2.59. The van der Waals surface area contributed by atoms with Crippen LogP contribution in [0.3, 0.4) is 0 Å². The molecule has 0 saturated carbocycles. The largest absolute Gasteiger partial charge is 0.491 e. The van der Waals surface area contributed by atoms with Crippen LogP contribution in [0.1, 0.15) is 25.0 Å². The van der Waals surface area contributed by atoms with Crippen LogP contribution in [0.4, 0.5) is 0 Å². The molecule has 1 aromatic carbocycles. The summed E-state index contributed by atoms with van der Waals surface area (Å²) in [5.41, 5.74) is 2.06. The molecule has 0 fully saturated rings. The molecule has 4 heteroatoms. The van der Waals surface area contributed by atoms with Gasteiger partial charge >= 0.3 is 5.63 Å². The summed E-state index contributed by atoms with van der Waals surface area (Å²) in [6.45, 7) is 4.17. The molecule has 0 saturated heterocycles. The van der Waals surface area contributed by atoms with Crippen molar-refractivity contribution in [3.8, 4) is 5.75 Å². The van der Waals surface area contributed by atoms with Crippen LogP contribution in [0.25, 0.3) is 11.0 Å². The summed E-state index contributed by atoms with van der Waals surface area (Å²) in [7, 11) is 0. The fourth-order valence-corrected chi connectivity index (χ4v) is 2.30. The van der Waals surface area contributed by atoms with Crippen molar-refractivity contribution < 1.29 is 14.3 Å². The number of aliphatic hydroxyl groups is 1. The molecular weight excluding hydrogens is 244 g/mol. The first kappa shape index (κ1) is 13.6. The van der Waals surface area contributed by atoms with Crippen LogP contribution in [0.2, 0.25) is 0 Å². The highest BCUT2D eigenvalue weighted by Crippen LogP contribution is 2.25. The van der Waals surface area contributed by atoms with E-state index in [4.69, 9.17) is 14.3 Å². The van der Waals surface area contributed by atoms with E-state index in [9.17, 15) is 4.79 Å². The number of rotatable bonds is 5. The van der Waals surface area contributed by atoms with Crippen molar-refractivity contribution in [1.82, 2.24) is 0 Å². The van der Waals surface area contributed by atoms with Crippen molar-refractivity contribution in [2.45, 2.75) is 26.7 Å². The van der Waals surface area contributed by atoms with Gasteiger partial charge < -0.3 is 14.3 Å². The second-order valence-electron chi connectivity index (χ2n) is 4.28. The Bertz CT molecular complexity index is 628. The molecule has 102 valence electrons. The molecule has 4 nitrogen and oxygen atoms in total. The van der Waals surface area contributed by atoms with Crippen LogP contribution in [0.15, 0.2) is 27.4 Å². The minimum atomic E-state index is -0.272. The number of hydrogen-bond acceptors (Lipinski definition) is 4. The van der Waals surface area contributed by atoms with E-state index in [0.29, 0.717) is 17.8 Å². The van der Waals surface area contributed by atoms with Gasteiger partial charge in [0.2, 0.25) is 0 Å². The van der Waals surface area contributed by atoms with Crippen LogP contribution in [-0.4, -0.2) is 18.3 Å². The lowest BCUT2D eigenvalue weighted by Crippen LogP contribution is -2.10. The first-order chi connectivity index (χ1) is 9.21. The van der Waals surface area contributed by atoms with Gasteiger partial charge in [0, 0.05) is 17.0 Å². The summed E-state index contributed by atoms with van der Waals surface area (Å²) < 4.78 is 10.7. The van der Waals surface area contributed by atoms with E-state index in [-0.39, 0.29) is 18.8 Å². The lowest BCUT2D eigenvalue weighted by atomic mass is 10.0. The molecule has 0 bridgehead atoms. The highest BCUT2D eigenvalue weighted by Gasteiger charge is 2.12. The van der Waals surface area contributed by atoms with Gasteiger partial charge in [-0.3, -0.25) is 0 Å². The first-order valence-electron chi connectivity index (χ1n) is 6.53. The number of ether oxygens (including phenoxy) is 1. The molecule has 0 amide bonds. The highest BCUT2D eigenvalue weighted by molar-refractivity contribution is 5.82. The summed E-state index contributed by atoms with van der Waals surface area (Å²) in [5, 5.41) is 9.69. The van der Waals surface area contributed by atoms with E-state index in [0.717, 1.165) is 22.9 Å². The van der Waals surface area contributed by atoms with Gasteiger partial charge in [0.15, 0.2) is 0 Å². The molecule has 0 radical (unpaired) electrons. The maximum absolute atomic E-state index is 11.9. The molecule has 0 aliphatic rings. The molecule has 1 heterocycles. The molecule has 2 rings (SSSR count). The van der Waals surface area contributed by atoms with Gasteiger partial charge in [0.25, 0.3) is 0 Å². The van der Waals surface area contributed by atoms with E-state index in [1.165, 1.54) is 0 Å². The van der Waals surface area contributed by atoms with Crippen LogP contribution in [0, 0.1) is 0 Å². The van der Waals surface area contributed by atoms with Gasteiger partial charge in [-0.2, -0.15) is 0 Å². The number of aliphatic hydroxyl groups excluding tert-OH is 1. The molecule has 0 atom stereocenters. The minimum absolute atomic E-state index is 0.0447. The van der Waals surface area contributed by atoms with Gasteiger partial charge in [-0.05, 0) is 30.5 Å². The number of fused-ring (bicyclic) bond motifs is 1. The normalized spacial score (nSPS) is 10.9. The SMILES string of the molecule is CCc1c(CC)c2ccc(OCCO)cc2oc1=O. The maximum Gasteiger partial charge on any atom is 0.339 e. The quantitative estimate of drug-likeness (QED) is 0.840. The Kier molecular flexibility index (Phi) is 4.22. The Morgan fingerprint density at radius 2 is 1.95 bits per heavy atom. The Hall–Kier alpha value is -1.81. The van der Waals surface area contributed by atoms with Crippen LogP contribution in [-0.2, 0) is 12.8 Å². The lowest BCUT2D eigenvalue weighted by Gasteiger charge is -2.10. The highest BCUT2D eigenvalue weighted by atomic mass is 16.5. The molecule has 0 aliphatic carbocycles. The third-order valence-electron chi connectivity index (χ3n) is 3.16. The second kappa shape index (κ2) is 5.89. The standard InChI is InChI=1S/C15H18O4/c1-3-11-12(4-2)15(17)19-14-9-10(18-8-7-16)5-6-13(11)14/h5-6,9,16H,3-4,7-8H2,1-2H3. The molecule has 2 aromatic rings. The number of benzene rings is 1. The maximum atomic E-state index is 11.9. The zero-order valence-corrected chi connectivity index (χ0v) is 11.2. The molecule has 19 heavy (non-hydrogen) atoms. The van der Waals surface area contributed by atoms with Crippen LogP contribution >= 0.6 is 0 Å². The summed E-state index contributed by atoms with van der Waals surface area (Å²) in [4.78, 5) is 11.9.